The van der Waals surface area contributed by atoms with E-state index in [0.29, 0.717) is 0 Å². The number of rotatable bonds is 12. The molecule has 0 unspecified atom stereocenters. The first-order chi connectivity index (χ1) is 29.0. The maximum atomic E-state index is 11.0. The number of aromatic nitrogens is 1. The molecule has 1 aromatic rings. The summed E-state index contributed by atoms with van der Waals surface area (Å²) in [5.74, 6) is 0.883. The van der Waals surface area contributed by atoms with Crippen LogP contribution in [-0.4, -0.2) is 188 Å². The number of carbonyl (C=O) groups excluding carboxylic acids is 1. The van der Waals surface area contributed by atoms with E-state index in [1.165, 1.54) is 0 Å². The van der Waals surface area contributed by atoms with Crippen molar-refractivity contribution in [2.45, 2.75) is 183 Å². The van der Waals surface area contributed by atoms with Gasteiger partial charge in [-0.2, -0.15) is 0 Å². The molecular weight excluding hydrogens is 1030 g/mol. The minimum atomic E-state index is -4.79. The summed E-state index contributed by atoms with van der Waals surface area (Å²) < 4.78 is 62.2. The molecule has 404 valence electrons. The number of hydrogen-bond donors (Lipinski definition) is 2. The van der Waals surface area contributed by atoms with Crippen molar-refractivity contribution in [1.82, 2.24) is 31.8 Å². The van der Waals surface area contributed by atoms with E-state index in [1.807, 2.05) is 6.92 Å². The van der Waals surface area contributed by atoms with Crippen molar-refractivity contribution in [3.63, 3.8) is 0 Å². The Bertz CT molecular complexity index is 1370. The van der Waals surface area contributed by atoms with E-state index in [1.54, 1.807) is 0 Å². The average molecular weight is 1140 g/mol. The van der Waals surface area contributed by atoms with Crippen molar-refractivity contribution in [3.8, 4) is 0 Å². The molecule has 0 bridgehead atoms. The Labute approximate surface area is 434 Å². The molecule has 1 aromatic heterocycles. The Morgan fingerprint density at radius 3 is 1.01 bits per heavy atom. The van der Waals surface area contributed by atoms with Crippen molar-refractivity contribution in [2.24, 2.45) is 4.66 Å². The summed E-state index contributed by atoms with van der Waals surface area (Å²) in [5.41, 5.74) is -1.98. The quantitative estimate of drug-likeness (QED) is 0.121. The van der Waals surface area contributed by atoms with Crippen LogP contribution >= 0.6 is 12.1 Å². The monoisotopic (exact) mass is 1140 g/mol. The van der Waals surface area contributed by atoms with Gasteiger partial charge in [0.25, 0.3) is 0 Å². The van der Waals surface area contributed by atoms with Crippen LogP contribution in [0, 0.1) is 0 Å². The van der Waals surface area contributed by atoms with Crippen LogP contribution in [0.2, 0.25) is 170 Å². The molecule has 0 aliphatic rings. The van der Waals surface area contributed by atoms with E-state index in [4.69, 9.17) is 4.43 Å². The molecule has 0 saturated heterocycles. The molecule has 0 aliphatic carbocycles. The van der Waals surface area contributed by atoms with Gasteiger partial charge in [-0.25, -0.2) is 0 Å². The van der Waals surface area contributed by atoms with Crippen LogP contribution < -0.4 is 9.30 Å². The van der Waals surface area contributed by atoms with Gasteiger partial charge in [0, 0.05) is 6.92 Å². The predicted octanol–water partition coefficient (Wildman–Crippen LogP) is 11.7. The van der Waals surface area contributed by atoms with Gasteiger partial charge in [-0.3, -0.25) is 4.66 Å². The standard InChI is InChI=1S/C8H21NOSi2.C7H13NSi.C6H18N2Si.C6H19NSi2.C5H15NSi.C4H15NSi2.C4H13NSi.C2BF3OS/c1-8(9-11(2,3)4)10-12(5,6)7;1-9(2,3)8-6-4-5-7-8;1-7(2)9(5,6)8(3)4;1-8(2,3)7-9(4,5)6;1-6(2)7(3,4)5;1-6(2)5-7(3)4;1-5(2)6(3)4;4-2(5,6)1(7)3-8/h1-7H3;4-7H,1-3H3;1-6H3;7H,1-6H3;1-5H3;5-7H,1-4H3;6H,1-4H3;. The van der Waals surface area contributed by atoms with Gasteiger partial charge in [-0.05, 0) is 133 Å². The maximum absolute atomic E-state index is 11.0. The molecule has 67 heavy (non-hydrogen) atoms. The molecule has 10 nitrogen and oxygen atoms in total. The first-order valence-corrected chi connectivity index (χ1v) is 56.4. The SMILES string of the molecule is CC(=N[Si](C)(C)C)O[Si](C)(C)C.CN(C)[SiH](C)C.CN(C)[Si](C)(C)C.CN(C)[Si](C)(C)N(C)C.C[SiH](C)N[SiH](C)C.C[Si](C)(C)N[Si](C)(C)C.C[Si](C)(C)n1cccc1.O=C(B=S)C(F)(F)F. The fraction of sp³-hybridized carbons (Fsp3) is 0.857. The van der Waals surface area contributed by atoms with Gasteiger partial charge < -0.3 is 36.2 Å². The van der Waals surface area contributed by atoms with Crippen LogP contribution in [0.3, 0.4) is 0 Å². The van der Waals surface area contributed by atoms with E-state index in [-0.39, 0.29) is 6.15 Å². The number of halogens is 3. The topological polar surface area (TPSA) is 80.6 Å². The second-order valence-electron chi connectivity index (χ2n) is 24.8. The third kappa shape index (κ3) is 68.5. The van der Waals surface area contributed by atoms with Crippen molar-refractivity contribution in [1.29, 1.82) is 0 Å². The molecule has 0 atom stereocenters. The zero-order chi connectivity index (χ0) is 56.1. The third-order valence-corrected chi connectivity index (χ3v) is 33.1. The Balaban J connectivity index is -0.000000124. The summed E-state index contributed by atoms with van der Waals surface area (Å²) >= 11 is 3.73. The van der Waals surface area contributed by atoms with Crippen molar-refractivity contribution in [2.75, 3.05) is 56.4 Å². The summed E-state index contributed by atoms with van der Waals surface area (Å²) in [6.07, 6.45) is -0.430. The minimum absolute atomic E-state index is 0.0694. The normalized spacial score (nSPS) is 12.6. The number of nitrogens with zero attached hydrogens (tertiary/aromatic N) is 6. The van der Waals surface area contributed by atoms with Crippen molar-refractivity contribution < 1.29 is 22.4 Å². The molecule has 1 rings (SSSR count). The Morgan fingerprint density at radius 1 is 0.642 bits per heavy atom. The number of carbonyl (C=O) groups is 1. The van der Waals surface area contributed by atoms with Gasteiger partial charge in [0.05, 0.1) is 17.9 Å². The van der Waals surface area contributed by atoms with Crippen molar-refractivity contribution in [3.05, 3.63) is 24.5 Å². The molecule has 0 radical (unpaired) electrons. The summed E-state index contributed by atoms with van der Waals surface area (Å²) in [7, 11) is 8.02. The Hall–Kier alpha value is 0.424. The second kappa shape index (κ2) is 37.2. The molecule has 2 N–H and O–H groups in total. The summed E-state index contributed by atoms with van der Waals surface area (Å²) in [6, 6.07) is 4.16. The first-order valence-electron chi connectivity index (χ1n) is 23.7. The van der Waals surface area contributed by atoms with Gasteiger partial charge in [0.1, 0.15) is 33.7 Å². The Kier molecular flexibility index (Phi) is 45.2. The van der Waals surface area contributed by atoms with Gasteiger partial charge in [-0.1, -0.05) is 118 Å². The van der Waals surface area contributed by atoms with E-state index < -0.39 is 96.6 Å². The van der Waals surface area contributed by atoms with Gasteiger partial charge in [-0.15, -0.1) is 0 Å². The molecule has 25 heteroatoms. The number of nitrogens with one attached hydrogen (secondary N) is 2. The predicted molar refractivity (Wildman–Crippen MR) is 334 cm³/mol. The molecule has 0 aromatic carbocycles. The van der Waals surface area contributed by atoms with Crippen LogP contribution in [0.5, 0.6) is 0 Å². The second-order valence-corrected chi connectivity index (χ2v) is 68.0. The molecule has 1 heterocycles. The van der Waals surface area contributed by atoms with Crippen LogP contribution in [0.15, 0.2) is 29.2 Å². The zero-order valence-electron chi connectivity index (χ0n) is 50.7. The van der Waals surface area contributed by atoms with E-state index >= 15 is 0 Å². The summed E-state index contributed by atoms with van der Waals surface area (Å²) in [5, 5.41) is 0. The van der Waals surface area contributed by atoms with Crippen molar-refractivity contribution >= 4 is 115 Å². The molecule has 0 spiro atoms. The number of alkyl halides is 3. The van der Waals surface area contributed by atoms with E-state index in [2.05, 4.69) is 300 Å². The summed E-state index contributed by atoms with van der Waals surface area (Å²) in [4.78, 5) is 9.55. The van der Waals surface area contributed by atoms with Gasteiger partial charge in [0.15, 0.2) is 30.8 Å². The zero-order valence-corrected chi connectivity index (χ0v) is 61.9. The first kappa shape index (κ1) is 81.5. The van der Waals surface area contributed by atoms with Gasteiger partial charge in [0.2, 0.25) is 8.32 Å². The van der Waals surface area contributed by atoms with Gasteiger partial charge >= 0.3 is 48.0 Å². The molecular formula is C42H114BF3N8O2SSi10. The molecule has 0 aliphatic heterocycles. The van der Waals surface area contributed by atoms with Crippen LogP contribution in [0.25, 0.3) is 0 Å². The summed E-state index contributed by atoms with van der Waals surface area (Å²) in [6.45, 7) is 61.8. The fourth-order valence-electron chi connectivity index (χ4n) is 3.98. The number of hydrogen-bond acceptors (Lipinski definition) is 10. The average Bonchev–Trinajstić information content (AvgIpc) is 3.58. The van der Waals surface area contributed by atoms with Crippen LogP contribution in [0.4, 0.5) is 13.2 Å². The molecule has 0 fully saturated rings. The Morgan fingerprint density at radius 2 is 0.940 bits per heavy atom. The van der Waals surface area contributed by atoms with Crippen LogP contribution in [0.1, 0.15) is 6.92 Å². The van der Waals surface area contributed by atoms with E-state index in [0.717, 1.165) is 5.90 Å². The van der Waals surface area contributed by atoms with Crippen LogP contribution in [-0.2, 0) is 9.22 Å². The molecule has 0 amide bonds. The third-order valence-electron chi connectivity index (χ3n) is 8.69. The van der Waals surface area contributed by atoms with E-state index in [9.17, 15) is 18.0 Å². The molecule has 0 saturated carbocycles. The fourth-order valence-corrected chi connectivity index (χ4v) is 22.3.